The number of carbonyl (C=O) groups is 3. The largest absolute Gasteiger partial charge is 0.481 e. The highest BCUT2D eigenvalue weighted by molar-refractivity contribution is 5.85. The quantitative estimate of drug-likeness (QED) is 0.661. The fourth-order valence-electron chi connectivity index (χ4n) is 2.40. The average Bonchev–Trinajstić information content (AvgIpc) is 2.79. The summed E-state index contributed by atoms with van der Waals surface area (Å²) in [6.45, 7) is 3.38. The predicted molar refractivity (Wildman–Crippen MR) is 74.1 cm³/mol. The van der Waals surface area contributed by atoms with Gasteiger partial charge >= 0.3 is 5.97 Å². The van der Waals surface area contributed by atoms with Crippen molar-refractivity contribution in [1.29, 1.82) is 0 Å². The van der Waals surface area contributed by atoms with Crippen LogP contribution >= 0.6 is 0 Å². The van der Waals surface area contributed by atoms with E-state index >= 15 is 0 Å². The second kappa shape index (κ2) is 8.55. The van der Waals surface area contributed by atoms with E-state index in [9.17, 15) is 14.4 Å². The molecule has 0 radical (unpaired) electrons. The zero-order valence-electron chi connectivity index (χ0n) is 12.1. The first kappa shape index (κ1) is 16.5. The van der Waals surface area contributed by atoms with Gasteiger partial charge in [0.05, 0.1) is 6.54 Å². The maximum atomic E-state index is 11.7. The number of carbonyl (C=O) groups excluding carboxylic acids is 2. The molecule has 1 aliphatic rings. The fourth-order valence-corrected chi connectivity index (χ4v) is 2.40. The third kappa shape index (κ3) is 6.04. The minimum atomic E-state index is -0.778. The molecule has 0 bridgehead atoms. The van der Waals surface area contributed by atoms with E-state index < -0.39 is 5.97 Å². The van der Waals surface area contributed by atoms with Crippen LogP contribution in [0.1, 0.15) is 45.4 Å². The van der Waals surface area contributed by atoms with Gasteiger partial charge in [0.2, 0.25) is 11.8 Å². The van der Waals surface area contributed by atoms with Crippen molar-refractivity contribution in [3.05, 3.63) is 0 Å². The molecule has 2 N–H and O–H groups in total. The normalized spacial score (nSPS) is 16.2. The molecular formula is C14H24N2O4. The molecule has 2 amide bonds. The lowest BCUT2D eigenvalue weighted by Crippen LogP contribution is -2.38. The summed E-state index contributed by atoms with van der Waals surface area (Å²) in [6, 6.07) is 0. The molecule has 1 unspecified atom stereocenters. The number of carboxylic acid groups (broad SMARTS) is 1. The molecule has 20 heavy (non-hydrogen) atoms. The molecule has 1 rings (SSSR count). The average molecular weight is 284 g/mol. The zero-order valence-corrected chi connectivity index (χ0v) is 12.1. The molecule has 6 heteroatoms. The number of likely N-dealkylation sites (tertiary alicyclic amines) is 1. The van der Waals surface area contributed by atoms with E-state index in [1.165, 1.54) is 0 Å². The summed E-state index contributed by atoms with van der Waals surface area (Å²) >= 11 is 0. The SMILES string of the molecule is CCC(CCNC(=O)CN1CCCC1=O)CCC(=O)O. The van der Waals surface area contributed by atoms with Crippen molar-refractivity contribution in [3.63, 3.8) is 0 Å². The van der Waals surface area contributed by atoms with Crippen LogP contribution in [-0.4, -0.2) is 47.4 Å². The Labute approximate surface area is 119 Å². The second-order valence-corrected chi connectivity index (χ2v) is 5.26. The second-order valence-electron chi connectivity index (χ2n) is 5.26. The Kier molecular flexibility index (Phi) is 7.04. The first-order valence-corrected chi connectivity index (χ1v) is 7.29. The van der Waals surface area contributed by atoms with E-state index in [2.05, 4.69) is 5.32 Å². The molecule has 0 spiro atoms. The highest BCUT2D eigenvalue weighted by Gasteiger charge is 2.22. The summed E-state index contributed by atoms with van der Waals surface area (Å²) in [5, 5.41) is 11.5. The van der Waals surface area contributed by atoms with Gasteiger partial charge < -0.3 is 15.3 Å². The summed E-state index contributed by atoms with van der Waals surface area (Å²) < 4.78 is 0. The number of hydrogen-bond donors (Lipinski definition) is 2. The minimum Gasteiger partial charge on any atom is -0.481 e. The van der Waals surface area contributed by atoms with Crippen LogP contribution in [0, 0.1) is 5.92 Å². The maximum Gasteiger partial charge on any atom is 0.303 e. The number of nitrogens with zero attached hydrogens (tertiary/aromatic N) is 1. The maximum absolute atomic E-state index is 11.7. The number of carboxylic acids is 1. The Morgan fingerprint density at radius 3 is 2.70 bits per heavy atom. The molecule has 6 nitrogen and oxygen atoms in total. The van der Waals surface area contributed by atoms with Gasteiger partial charge in [0, 0.05) is 25.9 Å². The van der Waals surface area contributed by atoms with Crippen molar-refractivity contribution in [2.24, 2.45) is 5.92 Å². The van der Waals surface area contributed by atoms with Crippen molar-refractivity contribution in [2.75, 3.05) is 19.6 Å². The number of hydrogen-bond acceptors (Lipinski definition) is 3. The van der Waals surface area contributed by atoms with Crippen molar-refractivity contribution in [1.82, 2.24) is 10.2 Å². The monoisotopic (exact) mass is 284 g/mol. The van der Waals surface area contributed by atoms with E-state index in [1.54, 1.807) is 4.90 Å². The third-order valence-corrected chi connectivity index (χ3v) is 3.72. The van der Waals surface area contributed by atoms with Gasteiger partial charge in [-0.1, -0.05) is 13.3 Å². The lowest BCUT2D eigenvalue weighted by Gasteiger charge is -2.17. The summed E-state index contributed by atoms with van der Waals surface area (Å²) in [7, 11) is 0. The minimum absolute atomic E-state index is 0.0491. The van der Waals surface area contributed by atoms with Gasteiger partial charge in [-0.2, -0.15) is 0 Å². The van der Waals surface area contributed by atoms with Crippen LogP contribution in [0.25, 0.3) is 0 Å². The molecule has 1 heterocycles. The first-order chi connectivity index (χ1) is 9.52. The van der Waals surface area contributed by atoms with E-state index in [1.807, 2.05) is 6.92 Å². The number of aliphatic carboxylic acids is 1. The molecule has 0 aliphatic carbocycles. The molecule has 1 atom stereocenters. The molecule has 0 saturated carbocycles. The summed E-state index contributed by atoms with van der Waals surface area (Å²) in [5.41, 5.74) is 0. The van der Waals surface area contributed by atoms with E-state index in [4.69, 9.17) is 5.11 Å². The lowest BCUT2D eigenvalue weighted by molar-refractivity contribution is -0.137. The van der Waals surface area contributed by atoms with Gasteiger partial charge in [0.1, 0.15) is 0 Å². The molecule has 0 aromatic rings. The van der Waals surface area contributed by atoms with Crippen molar-refractivity contribution >= 4 is 17.8 Å². The van der Waals surface area contributed by atoms with E-state index in [0.717, 1.165) is 19.3 Å². The molecule has 0 aromatic carbocycles. The standard InChI is InChI=1S/C14H24N2O4/c1-2-11(5-6-14(19)20)7-8-15-12(17)10-16-9-3-4-13(16)18/h11H,2-10H2,1H3,(H,15,17)(H,19,20). The van der Waals surface area contributed by atoms with Gasteiger partial charge in [-0.15, -0.1) is 0 Å². The van der Waals surface area contributed by atoms with Crippen LogP contribution in [0.5, 0.6) is 0 Å². The predicted octanol–water partition coefficient (Wildman–Crippen LogP) is 1.01. The van der Waals surface area contributed by atoms with Crippen LogP contribution < -0.4 is 5.32 Å². The topological polar surface area (TPSA) is 86.7 Å². The number of nitrogens with one attached hydrogen (secondary N) is 1. The molecule has 1 aliphatic heterocycles. The summed E-state index contributed by atoms with van der Waals surface area (Å²) in [5.74, 6) is -0.541. The highest BCUT2D eigenvalue weighted by atomic mass is 16.4. The van der Waals surface area contributed by atoms with Crippen molar-refractivity contribution in [2.45, 2.75) is 45.4 Å². The van der Waals surface area contributed by atoms with Gasteiger partial charge in [-0.3, -0.25) is 14.4 Å². The molecular weight excluding hydrogens is 260 g/mol. The molecule has 1 fully saturated rings. The zero-order chi connectivity index (χ0) is 15.0. The Bertz CT molecular complexity index is 357. The highest BCUT2D eigenvalue weighted by Crippen LogP contribution is 2.14. The Balaban J connectivity index is 2.16. The Morgan fingerprint density at radius 2 is 2.15 bits per heavy atom. The van der Waals surface area contributed by atoms with Crippen LogP contribution in [0.3, 0.4) is 0 Å². The number of amides is 2. The summed E-state index contributed by atoms with van der Waals surface area (Å²) in [6.07, 6.45) is 3.89. The van der Waals surface area contributed by atoms with Crippen molar-refractivity contribution < 1.29 is 19.5 Å². The van der Waals surface area contributed by atoms with Crippen molar-refractivity contribution in [3.8, 4) is 0 Å². The van der Waals surface area contributed by atoms with Gasteiger partial charge in [0.15, 0.2) is 0 Å². The summed E-state index contributed by atoms with van der Waals surface area (Å²) in [4.78, 5) is 35.2. The fraction of sp³-hybridized carbons (Fsp3) is 0.786. The number of rotatable bonds is 9. The Morgan fingerprint density at radius 1 is 1.40 bits per heavy atom. The molecule has 1 saturated heterocycles. The van der Waals surface area contributed by atoms with Crippen LogP contribution in [-0.2, 0) is 14.4 Å². The van der Waals surface area contributed by atoms with Gasteiger partial charge in [-0.25, -0.2) is 0 Å². The van der Waals surface area contributed by atoms with Crippen LogP contribution in [0.15, 0.2) is 0 Å². The smallest absolute Gasteiger partial charge is 0.303 e. The van der Waals surface area contributed by atoms with E-state index in [-0.39, 0.29) is 24.8 Å². The molecule has 114 valence electrons. The van der Waals surface area contributed by atoms with E-state index in [0.29, 0.717) is 31.8 Å². The lowest BCUT2D eigenvalue weighted by atomic mass is 9.97. The van der Waals surface area contributed by atoms with Gasteiger partial charge in [-0.05, 0) is 25.2 Å². The van der Waals surface area contributed by atoms with Crippen LogP contribution in [0.2, 0.25) is 0 Å². The third-order valence-electron chi connectivity index (χ3n) is 3.72. The van der Waals surface area contributed by atoms with Crippen LogP contribution in [0.4, 0.5) is 0 Å². The first-order valence-electron chi connectivity index (χ1n) is 7.29. The Hall–Kier alpha value is -1.59. The van der Waals surface area contributed by atoms with Gasteiger partial charge in [0.25, 0.3) is 0 Å². The molecule has 0 aromatic heterocycles.